The summed E-state index contributed by atoms with van der Waals surface area (Å²) < 4.78 is 5.65. The Morgan fingerprint density at radius 2 is 1.81 bits per heavy atom. The molecule has 0 spiro atoms. The van der Waals surface area contributed by atoms with Crippen LogP contribution in [-0.2, 0) is 16.0 Å². The number of para-hydroxylation sites is 1. The van der Waals surface area contributed by atoms with Gasteiger partial charge in [-0.1, -0.05) is 32.0 Å². The van der Waals surface area contributed by atoms with E-state index in [1.165, 1.54) is 0 Å². The van der Waals surface area contributed by atoms with Gasteiger partial charge in [-0.05, 0) is 25.8 Å². The molecule has 0 aliphatic heterocycles. The van der Waals surface area contributed by atoms with Gasteiger partial charge in [0.05, 0.1) is 12.5 Å². The Kier molecular flexibility index (Phi) is 6.21. The van der Waals surface area contributed by atoms with Crippen LogP contribution in [0.4, 0.5) is 0 Å². The molecule has 2 N–H and O–H groups in total. The van der Waals surface area contributed by atoms with Gasteiger partial charge in [-0.2, -0.15) is 0 Å². The third-order valence-corrected chi connectivity index (χ3v) is 2.94. The highest BCUT2D eigenvalue weighted by Gasteiger charge is 2.23. The average Bonchev–Trinajstić information content (AvgIpc) is 2.37. The van der Waals surface area contributed by atoms with Gasteiger partial charge in [0, 0.05) is 5.56 Å². The second-order valence-electron chi connectivity index (χ2n) is 5.58. The Hall–Kier alpha value is -2.04. The summed E-state index contributed by atoms with van der Waals surface area (Å²) in [5.74, 6) is -0.867. The van der Waals surface area contributed by atoms with E-state index in [0.717, 1.165) is 5.56 Å². The lowest BCUT2D eigenvalue weighted by Gasteiger charge is -2.19. The maximum Gasteiger partial charge on any atom is 0.326 e. The van der Waals surface area contributed by atoms with Crippen molar-refractivity contribution in [1.29, 1.82) is 0 Å². The fourth-order valence-electron chi connectivity index (χ4n) is 1.93. The lowest BCUT2D eigenvalue weighted by molar-refractivity contribution is -0.143. The molecule has 0 bridgehead atoms. The van der Waals surface area contributed by atoms with Crippen LogP contribution in [0.1, 0.15) is 33.3 Å². The Morgan fingerprint density at radius 3 is 2.33 bits per heavy atom. The molecule has 1 aromatic carbocycles. The largest absolute Gasteiger partial charge is 0.491 e. The van der Waals surface area contributed by atoms with Crippen LogP contribution < -0.4 is 10.1 Å². The first-order valence-electron chi connectivity index (χ1n) is 7.08. The van der Waals surface area contributed by atoms with Gasteiger partial charge in [0.2, 0.25) is 5.91 Å². The standard InChI is InChI=1S/C16H23NO4/c1-10(2)15(16(19)20)17-14(18)9-12-7-5-6-8-13(12)21-11(3)4/h5-8,10-11,15H,9H2,1-4H3,(H,17,18)(H,19,20)/t15-/m0/s1. The van der Waals surface area contributed by atoms with E-state index in [9.17, 15) is 9.59 Å². The maximum atomic E-state index is 12.0. The zero-order chi connectivity index (χ0) is 16.0. The highest BCUT2D eigenvalue weighted by molar-refractivity contribution is 5.85. The summed E-state index contributed by atoms with van der Waals surface area (Å²) >= 11 is 0. The molecule has 0 unspecified atom stereocenters. The number of hydrogen-bond donors (Lipinski definition) is 2. The van der Waals surface area contributed by atoms with Crippen LogP contribution in [0.15, 0.2) is 24.3 Å². The molecule has 1 atom stereocenters. The quantitative estimate of drug-likeness (QED) is 0.808. The van der Waals surface area contributed by atoms with Crippen LogP contribution in [-0.4, -0.2) is 29.1 Å². The number of rotatable bonds is 7. The number of carbonyl (C=O) groups excluding carboxylic acids is 1. The van der Waals surface area contributed by atoms with Gasteiger partial charge in [0.25, 0.3) is 0 Å². The SMILES string of the molecule is CC(C)Oc1ccccc1CC(=O)N[C@H](C(=O)O)C(C)C. The van der Waals surface area contributed by atoms with Crippen molar-refractivity contribution in [2.24, 2.45) is 5.92 Å². The Morgan fingerprint density at radius 1 is 1.19 bits per heavy atom. The predicted octanol–water partition coefficient (Wildman–Crippen LogP) is 2.24. The summed E-state index contributed by atoms with van der Waals surface area (Å²) in [6.45, 7) is 7.34. The monoisotopic (exact) mass is 293 g/mol. The second kappa shape index (κ2) is 7.67. The lowest BCUT2D eigenvalue weighted by Crippen LogP contribution is -2.44. The Labute approximate surface area is 125 Å². The third-order valence-electron chi connectivity index (χ3n) is 2.94. The minimum Gasteiger partial charge on any atom is -0.491 e. The number of nitrogens with one attached hydrogen (secondary N) is 1. The van der Waals surface area contributed by atoms with Gasteiger partial charge in [0.15, 0.2) is 0 Å². The van der Waals surface area contributed by atoms with Crippen LogP contribution in [0.25, 0.3) is 0 Å². The number of ether oxygens (including phenoxy) is 1. The van der Waals surface area contributed by atoms with Gasteiger partial charge in [-0.25, -0.2) is 4.79 Å². The summed E-state index contributed by atoms with van der Waals surface area (Å²) in [6, 6.07) is 6.40. The maximum absolute atomic E-state index is 12.0. The van der Waals surface area contributed by atoms with Crippen molar-refractivity contribution in [3.05, 3.63) is 29.8 Å². The summed E-state index contributed by atoms with van der Waals surface area (Å²) in [5.41, 5.74) is 0.747. The van der Waals surface area contributed by atoms with E-state index in [-0.39, 0.29) is 24.3 Å². The zero-order valence-electron chi connectivity index (χ0n) is 12.9. The number of amides is 1. The molecule has 0 aromatic heterocycles. The van der Waals surface area contributed by atoms with E-state index in [1.54, 1.807) is 19.9 Å². The molecule has 116 valence electrons. The minimum absolute atomic E-state index is 0.0108. The molecule has 0 saturated heterocycles. The van der Waals surface area contributed by atoms with Gasteiger partial charge >= 0.3 is 5.97 Å². The molecule has 1 aromatic rings. The molecule has 1 rings (SSSR count). The van der Waals surface area contributed by atoms with Crippen molar-refractivity contribution in [2.75, 3.05) is 0 Å². The molecular weight excluding hydrogens is 270 g/mol. The average molecular weight is 293 g/mol. The highest BCUT2D eigenvalue weighted by Crippen LogP contribution is 2.20. The summed E-state index contributed by atoms with van der Waals surface area (Å²) in [7, 11) is 0. The van der Waals surface area contributed by atoms with Crippen molar-refractivity contribution >= 4 is 11.9 Å². The van der Waals surface area contributed by atoms with Crippen molar-refractivity contribution in [2.45, 2.75) is 46.3 Å². The molecule has 1 amide bonds. The second-order valence-corrected chi connectivity index (χ2v) is 5.58. The summed E-state index contributed by atoms with van der Waals surface area (Å²) in [5, 5.41) is 11.6. The number of carboxylic acids is 1. The van der Waals surface area contributed by atoms with E-state index in [0.29, 0.717) is 5.75 Å². The summed E-state index contributed by atoms with van der Waals surface area (Å²) in [6.07, 6.45) is 0.107. The Bertz CT molecular complexity index is 497. The number of carboxylic acid groups (broad SMARTS) is 1. The molecule has 0 aliphatic carbocycles. The van der Waals surface area contributed by atoms with E-state index in [2.05, 4.69) is 5.32 Å². The molecule has 5 nitrogen and oxygen atoms in total. The molecule has 0 fully saturated rings. The molecule has 5 heteroatoms. The van der Waals surface area contributed by atoms with Crippen molar-refractivity contribution in [3.8, 4) is 5.75 Å². The fourth-order valence-corrected chi connectivity index (χ4v) is 1.93. The first-order chi connectivity index (χ1) is 9.81. The van der Waals surface area contributed by atoms with Crippen LogP contribution in [0, 0.1) is 5.92 Å². The Balaban J connectivity index is 2.77. The molecule has 0 aliphatic rings. The van der Waals surface area contributed by atoms with E-state index in [4.69, 9.17) is 9.84 Å². The first kappa shape index (κ1) is 17.0. The number of hydrogen-bond acceptors (Lipinski definition) is 3. The normalized spacial score (nSPS) is 12.3. The number of aliphatic carboxylic acids is 1. The smallest absolute Gasteiger partial charge is 0.326 e. The molecule has 0 saturated carbocycles. The molecule has 0 heterocycles. The van der Waals surface area contributed by atoms with E-state index >= 15 is 0 Å². The van der Waals surface area contributed by atoms with Crippen LogP contribution in [0.2, 0.25) is 0 Å². The fraction of sp³-hybridized carbons (Fsp3) is 0.500. The first-order valence-corrected chi connectivity index (χ1v) is 7.08. The topological polar surface area (TPSA) is 75.6 Å². The van der Waals surface area contributed by atoms with E-state index in [1.807, 2.05) is 32.0 Å². The van der Waals surface area contributed by atoms with Gasteiger partial charge < -0.3 is 15.2 Å². The van der Waals surface area contributed by atoms with Gasteiger partial charge in [-0.3, -0.25) is 4.79 Å². The van der Waals surface area contributed by atoms with Crippen molar-refractivity contribution in [1.82, 2.24) is 5.32 Å². The van der Waals surface area contributed by atoms with Crippen molar-refractivity contribution < 1.29 is 19.4 Å². The number of carbonyl (C=O) groups is 2. The predicted molar refractivity (Wildman–Crippen MR) is 80.3 cm³/mol. The third kappa shape index (κ3) is 5.45. The number of benzene rings is 1. The van der Waals surface area contributed by atoms with Crippen molar-refractivity contribution in [3.63, 3.8) is 0 Å². The lowest BCUT2D eigenvalue weighted by atomic mass is 10.0. The van der Waals surface area contributed by atoms with Gasteiger partial charge in [0.1, 0.15) is 11.8 Å². The molecular formula is C16H23NO4. The van der Waals surface area contributed by atoms with Crippen LogP contribution in [0.3, 0.4) is 0 Å². The van der Waals surface area contributed by atoms with Crippen LogP contribution in [0.5, 0.6) is 5.75 Å². The molecule has 21 heavy (non-hydrogen) atoms. The highest BCUT2D eigenvalue weighted by atomic mass is 16.5. The van der Waals surface area contributed by atoms with Gasteiger partial charge in [-0.15, -0.1) is 0 Å². The molecule has 0 radical (unpaired) electrons. The van der Waals surface area contributed by atoms with E-state index < -0.39 is 12.0 Å². The minimum atomic E-state index is -1.02. The van der Waals surface area contributed by atoms with Crippen LogP contribution >= 0.6 is 0 Å². The summed E-state index contributed by atoms with van der Waals surface area (Å²) in [4.78, 5) is 23.1. The zero-order valence-corrected chi connectivity index (χ0v) is 12.9.